The van der Waals surface area contributed by atoms with Crippen LogP contribution in [0, 0.1) is 0 Å². The van der Waals surface area contributed by atoms with E-state index in [2.05, 4.69) is 41.3 Å². The van der Waals surface area contributed by atoms with Crippen LogP contribution in [0.25, 0.3) is 0 Å². The fraction of sp³-hybridized carbons (Fsp3) is 0.391. The minimum Gasteiger partial charge on any atom is -0.497 e. The molecule has 0 radical (unpaired) electrons. The van der Waals surface area contributed by atoms with E-state index in [1.54, 1.807) is 24.7 Å². The number of guanidine groups is 1. The number of methoxy groups -OCH3 is 1. The smallest absolute Gasteiger partial charge is 0.193 e. The van der Waals surface area contributed by atoms with Gasteiger partial charge in [-0.25, -0.2) is 4.98 Å². The number of nitrogens with zero attached hydrogens (tertiary/aromatic N) is 3. The van der Waals surface area contributed by atoms with Crippen molar-refractivity contribution in [2.45, 2.75) is 25.7 Å². The van der Waals surface area contributed by atoms with Crippen molar-refractivity contribution in [3.05, 3.63) is 70.6 Å². The van der Waals surface area contributed by atoms with E-state index in [1.807, 2.05) is 35.8 Å². The Morgan fingerprint density at radius 1 is 1.26 bits per heavy atom. The molecule has 0 saturated carbocycles. The molecule has 0 saturated heterocycles. The minimum absolute atomic E-state index is 0. The number of hydrogen-bond donors (Lipinski definition) is 1. The lowest BCUT2D eigenvalue weighted by atomic mass is 10.1. The molecule has 0 spiro atoms. The average molecular weight is 554 g/mol. The predicted molar refractivity (Wildman–Crippen MR) is 138 cm³/mol. The number of furan rings is 1. The molecule has 3 rings (SSSR count). The molecule has 0 amide bonds. The van der Waals surface area contributed by atoms with Crippen molar-refractivity contribution < 1.29 is 9.15 Å². The maximum atomic E-state index is 5.43. The summed E-state index contributed by atoms with van der Waals surface area (Å²) in [5.41, 5.74) is 1.26. The molecule has 6 nitrogen and oxygen atoms in total. The summed E-state index contributed by atoms with van der Waals surface area (Å²) in [7, 11) is 3.76. The average Bonchev–Trinajstić information content (AvgIpc) is 3.47. The largest absolute Gasteiger partial charge is 0.497 e. The van der Waals surface area contributed by atoms with Crippen molar-refractivity contribution in [3.63, 3.8) is 0 Å². The van der Waals surface area contributed by atoms with Gasteiger partial charge in [-0.2, -0.15) is 0 Å². The first-order valence-electron chi connectivity index (χ1n) is 10.2. The third-order valence-corrected chi connectivity index (χ3v) is 5.85. The minimum atomic E-state index is 0. The molecule has 0 bridgehead atoms. The van der Waals surface area contributed by atoms with Gasteiger partial charge in [0.2, 0.25) is 0 Å². The number of aliphatic imine (C=N–C) groups is 1. The maximum absolute atomic E-state index is 5.43. The van der Waals surface area contributed by atoms with Gasteiger partial charge in [0.15, 0.2) is 5.96 Å². The third-order valence-electron chi connectivity index (χ3n) is 4.84. The van der Waals surface area contributed by atoms with Gasteiger partial charge in [-0.3, -0.25) is 4.99 Å². The first kappa shape index (κ1) is 25.2. The number of hydrogen-bond acceptors (Lipinski definition) is 5. The molecule has 31 heavy (non-hydrogen) atoms. The van der Waals surface area contributed by atoms with Crippen LogP contribution in [0.4, 0.5) is 0 Å². The van der Waals surface area contributed by atoms with Crippen LogP contribution in [-0.4, -0.2) is 49.6 Å². The van der Waals surface area contributed by atoms with Crippen LogP contribution >= 0.6 is 35.3 Å². The van der Waals surface area contributed by atoms with Crippen LogP contribution in [0.15, 0.2) is 63.6 Å². The fourth-order valence-corrected chi connectivity index (χ4v) is 3.89. The SMILES string of the molecule is COc1ccc(CCNC(=NCCc2ccco2)N(C)CC(C)c2nccs2)cc1.I. The Morgan fingerprint density at radius 2 is 2.06 bits per heavy atom. The zero-order valence-corrected chi connectivity index (χ0v) is 21.4. The van der Waals surface area contributed by atoms with Crippen LogP contribution in [0.5, 0.6) is 5.75 Å². The van der Waals surface area contributed by atoms with Gasteiger partial charge in [0.25, 0.3) is 0 Å². The number of aromatic nitrogens is 1. The summed E-state index contributed by atoms with van der Waals surface area (Å²) in [4.78, 5) is 11.5. The molecule has 0 aliphatic carbocycles. The molecule has 0 fully saturated rings. The number of nitrogens with one attached hydrogen (secondary N) is 1. The second kappa shape index (κ2) is 13.4. The standard InChI is InChI=1S/C23H30N4O2S.HI/c1-18(22-24-14-16-30-22)17-27(2)23(26-13-11-21-5-4-15-29-21)25-12-10-19-6-8-20(28-3)9-7-19;/h4-9,14-16,18H,10-13,17H2,1-3H3,(H,25,26);1H. The van der Waals surface area contributed by atoms with Crippen molar-refractivity contribution in [2.75, 3.05) is 33.8 Å². The number of thiazole rings is 1. The summed E-state index contributed by atoms with van der Waals surface area (Å²) >= 11 is 1.70. The Bertz CT molecular complexity index is 883. The van der Waals surface area contributed by atoms with E-state index in [0.29, 0.717) is 12.5 Å². The second-order valence-electron chi connectivity index (χ2n) is 7.21. The molecule has 1 aromatic carbocycles. The summed E-state index contributed by atoms with van der Waals surface area (Å²) in [5.74, 6) is 3.07. The Hall–Kier alpha value is -2.07. The first-order chi connectivity index (χ1) is 14.7. The first-order valence-corrected chi connectivity index (χ1v) is 11.1. The van der Waals surface area contributed by atoms with E-state index < -0.39 is 0 Å². The van der Waals surface area contributed by atoms with Crippen molar-refractivity contribution in [3.8, 4) is 5.75 Å². The fourth-order valence-electron chi connectivity index (χ4n) is 3.20. The van der Waals surface area contributed by atoms with Crippen LogP contribution in [0.1, 0.15) is 29.2 Å². The quantitative estimate of drug-likeness (QED) is 0.221. The van der Waals surface area contributed by atoms with Crippen LogP contribution in [0.2, 0.25) is 0 Å². The molecule has 168 valence electrons. The lowest BCUT2D eigenvalue weighted by molar-refractivity contribution is 0.414. The molecule has 8 heteroatoms. The van der Waals surface area contributed by atoms with Crippen LogP contribution in [0.3, 0.4) is 0 Å². The van der Waals surface area contributed by atoms with Gasteiger partial charge in [0.1, 0.15) is 11.5 Å². The molecular weight excluding hydrogens is 523 g/mol. The van der Waals surface area contributed by atoms with E-state index in [1.165, 1.54) is 5.56 Å². The van der Waals surface area contributed by atoms with Gasteiger partial charge < -0.3 is 19.4 Å². The van der Waals surface area contributed by atoms with Gasteiger partial charge in [0.05, 0.1) is 18.4 Å². The van der Waals surface area contributed by atoms with Gasteiger partial charge in [0, 0.05) is 50.6 Å². The van der Waals surface area contributed by atoms with Crippen LogP contribution < -0.4 is 10.1 Å². The van der Waals surface area contributed by atoms with Gasteiger partial charge in [-0.05, 0) is 36.2 Å². The highest BCUT2D eigenvalue weighted by atomic mass is 127. The molecule has 2 heterocycles. The van der Waals surface area contributed by atoms with E-state index in [9.17, 15) is 0 Å². The highest BCUT2D eigenvalue weighted by Crippen LogP contribution is 2.18. The van der Waals surface area contributed by atoms with Crippen molar-refractivity contribution >= 4 is 41.3 Å². The molecule has 0 aliphatic rings. The van der Waals surface area contributed by atoms with Crippen molar-refractivity contribution in [2.24, 2.45) is 4.99 Å². The van der Waals surface area contributed by atoms with E-state index in [0.717, 1.165) is 48.4 Å². The Morgan fingerprint density at radius 3 is 2.71 bits per heavy atom. The summed E-state index contributed by atoms with van der Waals surface area (Å²) < 4.78 is 10.7. The third kappa shape index (κ3) is 8.17. The van der Waals surface area contributed by atoms with E-state index in [4.69, 9.17) is 14.1 Å². The van der Waals surface area contributed by atoms with Crippen molar-refractivity contribution in [1.82, 2.24) is 15.2 Å². The molecule has 1 N–H and O–H groups in total. The highest BCUT2D eigenvalue weighted by Gasteiger charge is 2.14. The molecular formula is C23H31IN4O2S. The topological polar surface area (TPSA) is 62.9 Å². The lowest BCUT2D eigenvalue weighted by Crippen LogP contribution is -2.41. The van der Waals surface area contributed by atoms with Gasteiger partial charge in [-0.15, -0.1) is 35.3 Å². The van der Waals surface area contributed by atoms with Crippen LogP contribution in [-0.2, 0) is 12.8 Å². The van der Waals surface area contributed by atoms with Gasteiger partial charge in [-0.1, -0.05) is 19.1 Å². The maximum Gasteiger partial charge on any atom is 0.193 e. The Labute approximate surface area is 205 Å². The van der Waals surface area contributed by atoms with Gasteiger partial charge >= 0.3 is 0 Å². The summed E-state index contributed by atoms with van der Waals surface area (Å²) in [6.07, 6.45) is 5.26. The molecule has 3 aromatic rings. The van der Waals surface area contributed by atoms with E-state index >= 15 is 0 Å². The number of ether oxygens (including phenoxy) is 1. The predicted octanol–water partition coefficient (Wildman–Crippen LogP) is 4.83. The Balaban J connectivity index is 0.00000341. The zero-order valence-electron chi connectivity index (χ0n) is 18.3. The molecule has 0 aliphatic heterocycles. The molecule has 2 aromatic heterocycles. The second-order valence-corrected chi connectivity index (χ2v) is 8.14. The number of rotatable bonds is 10. The van der Waals surface area contributed by atoms with E-state index in [-0.39, 0.29) is 24.0 Å². The highest BCUT2D eigenvalue weighted by molar-refractivity contribution is 14.0. The van der Waals surface area contributed by atoms with Crippen molar-refractivity contribution in [1.29, 1.82) is 0 Å². The lowest BCUT2D eigenvalue weighted by Gasteiger charge is -2.25. The normalized spacial score (nSPS) is 12.2. The summed E-state index contributed by atoms with van der Waals surface area (Å²) in [6, 6.07) is 12.1. The molecule has 1 unspecified atom stereocenters. The Kier molecular flexibility index (Phi) is 10.9. The summed E-state index contributed by atoms with van der Waals surface area (Å²) in [5, 5.41) is 6.70. The monoisotopic (exact) mass is 554 g/mol. The number of benzene rings is 1. The number of halogens is 1. The number of likely N-dealkylation sites (N-methyl/N-ethyl adjacent to an activating group) is 1. The molecule has 1 atom stereocenters. The summed E-state index contributed by atoms with van der Waals surface area (Å²) in [6.45, 7) is 4.53. The zero-order chi connectivity index (χ0) is 21.2.